The smallest absolute Gasteiger partial charge is 0.317 e. The summed E-state index contributed by atoms with van der Waals surface area (Å²) in [6.45, 7) is 14.9. The van der Waals surface area contributed by atoms with E-state index in [4.69, 9.17) is 8.85 Å². The van der Waals surface area contributed by atoms with E-state index in [2.05, 4.69) is 13.2 Å². The highest BCUT2D eigenvalue weighted by Crippen LogP contribution is 2.13. The average Bonchev–Trinajstić information content (AvgIpc) is 2.24. The molecule has 0 aromatic carbocycles. The van der Waals surface area contributed by atoms with Crippen LogP contribution in [0.15, 0.2) is 37.5 Å². The normalized spacial score (nSPS) is 12.0. The Morgan fingerprint density at radius 2 is 1.15 bits per heavy atom. The molecule has 0 atom stereocenters. The summed E-state index contributed by atoms with van der Waals surface area (Å²) in [6, 6.07) is 1.35. The maximum absolute atomic E-state index is 11.6. The minimum absolute atomic E-state index is 0.510. The van der Waals surface area contributed by atoms with E-state index in [9.17, 15) is 9.59 Å². The van der Waals surface area contributed by atoms with Crippen LogP contribution in [0.25, 0.3) is 0 Å². The van der Waals surface area contributed by atoms with Crippen molar-refractivity contribution in [3.63, 3.8) is 0 Å². The molecular weight excluding hydrogens is 288 g/mol. The van der Waals surface area contributed by atoms with E-state index in [0.717, 1.165) is 12.2 Å². The third kappa shape index (κ3) is 8.65. The lowest BCUT2D eigenvalue weighted by Gasteiger charge is -2.20. The maximum atomic E-state index is 11.6. The zero-order chi connectivity index (χ0) is 15.8. The minimum atomic E-state index is -2.07. The molecule has 0 radical (unpaired) electrons. The number of carbonyl (C=O) groups excluding carboxylic acids is 2. The number of hydrogen-bond donors (Lipinski definition) is 0. The van der Waals surface area contributed by atoms with Crippen molar-refractivity contribution in [1.82, 2.24) is 0 Å². The minimum Gasteiger partial charge on any atom is -0.516 e. The highest BCUT2D eigenvalue weighted by Gasteiger charge is 2.26. The van der Waals surface area contributed by atoms with E-state index in [0.29, 0.717) is 12.1 Å². The second-order valence-corrected chi connectivity index (χ2v) is 13.9. The van der Waals surface area contributed by atoms with Crippen LogP contribution in [0.1, 0.15) is 0 Å². The van der Waals surface area contributed by atoms with Gasteiger partial charge in [-0.3, -0.25) is 0 Å². The van der Waals surface area contributed by atoms with Gasteiger partial charge in [0.2, 0.25) is 0 Å². The van der Waals surface area contributed by atoms with Crippen molar-refractivity contribution in [2.24, 2.45) is 0 Å². The molecule has 0 saturated heterocycles. The fraction of sp³-hybridized carbons (Fsp3) is 0.429. The van der Waals surface area contributed by atoms with Gasteiger partial charge in [-0.15, -0.1) is 13.2 Å². The molecule has 0 heterocycles. The molecule has 0 amide bonds. The second-order valence-electron chi connectivity index (χ2n) is 5.68. The maximum Gasteiger partial charge on any atom is 0.317 e. The number of rotatable bonds is 8. The lowest BCUT2D eigenvalue weighted by Crippen LogP contribution is -2.33. The van der Waals surface area contributed by atoms with Gasteiger partial charge in [-0.1, -0.05) is 12.2 Å². The molecule has 0 N–H and O–H groups in total. The molecule has 0 rings (SSSR count). The molecule has 0 aliphatic carbocycles. The summed E-state index contributed by atoms with van der Waals surface area (Å²) in [5.74, 6) is -1.02. The van der Waals surface area contributed by atoms with Crippen molar-refractivity contribution < 1.29 is 18.4 Å². The molecule has 0 bridgehead atoms. The Hall–Kier alpha value is -1.41. The lowest BCUT2D eigenvalue weighted by atomic mass is 10.5. The molecule has 20 heavy (non-hydrogen) atoms. The highest BCUT2D eigenvalue weighted by molar-refractivity contribution is 6.73. The molecule has 0 fully saturated rings. The van der Waals surface area contributed by atoms with Gasteiger partial charge in [0.1, 0.15) is 0 Å². The van der Waals surface area contributed by atoms with Crippen molar-refractivity contribution in [2.75, 3.05) is 0 Å². The second kappa shape index (κ2) is 8.01. The van der Waals surface area contributed by atoms with Crippen molar-refractivity contribution in [3.8, 4) is 0 Å². The molecule has 4 nitrogen and oxygen atoms in total. The van der Waals surface area contributed by atoms with E-state index in [1.807, 2.05) is 26.2 Å². The number of carbonyl (C=O) groups is 2. The average molecular weight is 313 g/mol. The standard InChI is InChI=1S/C14H24O4Si2/c1-7-11-19(3,4)17-13(15)9-10-14(16)18-20(5,6)12-8-2/h7-10H,1-2,11-12H2,3-6H3/b10-9+. The van der Waals surface area contributed by atoms with Crippen molar-refractivity contribution in [3.05, 3.63) is 37.5 Å². The SMILES string of the molecule is C=CC[Si](C)(C)OC(=O)/C=C/C(=O)O[Si](C)(C)CC=C. The highest BCUT2D eigenvalue weighted by atomic mass is 28.4. The van der Waals surface area contributed by atoms with Gasteiger partial charge in [-0.2, -0.15) is 0 Å². The Labute approximate surface area is 123 Å². The van der Waals surface area contributed by atoms with E-state index < -0.39 is 28.6 Å². The van der Waals surface area contributed by atoms with Crippen LogP contribution < -0.4 is 0 Å². The molecule has 0 aliphatic rings. The summed E-state index contributed by atoms with van der Waals surface area (Å²) in [6.07, 6.45) is 5.72. The van der Waals surface area contributed by atoms with Crippen LogP contribution in [0, 0.1) is 0 Å². The molecule has 0 aromatic rings. The van der Waals surface area contributed by atoms with Gasteiger partial charge in [0.25, 0.3) is 16.6 Å². The van der Waals surface area contributed by atoms with Crippen LogP contribution in [0.2, 0.25) is 38.3 Å². The van der Waals surface area contributed by atoms with Crippen LogP contribution in [0.3, 0.4) is 0 Å². The van der Waals surface area contributed by atoms with Gasteiger partial charge in [0.15, 0.2) is 0 Å². The first-order chi connectivity index (χ1) is 9.12. The fourth-order valence-electron chi connectivity index (χ4n) is 1.53. The zero-order valence-corrected chi connectivity index (χ0v) is 14.8. The van der Waals surface area contributed by atoms with Crippen LogP contribution in [-0.2, 0) is 18.4 Å². The third-order valence-electron chi connectivity index (χ3n) is 2.38. The molecule has 6 heteroatoms. The number of hydrogen-bond acceptors (Lipinski definition) is 4. The lowest BCUT2D eigenvalue weighted by molar-refractivity contribution is -0.132. The predicted octanol–water partition coefficient (Wildman–Crippen LogP) is 3.41. The van der Waals surface area contributed by atoms with Crippen LogP contribution in [0.5, 0.6) is 0 Å². The summed E-state index contributed by atoms with van der Waals surface area (Å²) in [5, 5.41) is 0. The molecule has 0 unspecified atom stereocenters. The summed E-state index contributed by atoms with van der Waals surface area (Å²) >= 11 is 0. The van der Waals surface area contributed by atoms with Gasteiger partial charge >= 0.3 is 11.9 Å². The van der Waals surface area contributed by atoms with Crippen LogP contribution in [-0.4, -0.2) is 28.6 Å². The Balaban J connectivity index is 4.42. The first-order valence-electron chi connectivity index (χ1n) is 6.48. The van der Waals surface area contributed by atoms with Gasteiger partial charge in [0, 0.05) is 12.2 Å². The predicted molar refractivity (Wildman–Crippen MR) is 86.3 cm³/mol. The van der Waals surface area contributed by atoms with Crippen LogP contribution in [0.4, 0.5) is 0 Å². The Morgan fingerprint density at radius 1 is 0.850 bits per heavy atom. The molecule has 0 aliphatic heterocycles. The van der Waals surface area contributed by atoms with Crippen LogP contribution >= 0.6 is 0 Å². The summed E-state index contributed by atoms with van der Waals surface area (Å²) in [5.41, 5.74) is 0. The largest absolute Gasteiger partial charge is 0.516 e. The Kier molecular flexibility index (Phi) is 7.45. The van der Waals surface area contributed by atoms with Gasteiger partial charge in [-0.25, -0.2) is 9.59 Å². The topological polar surface area (TPSA) is 52.6 Å². The first kappa shape index (κ1) is 18.6. The Morgan fingerprint density at radius 3 is 1.40 bits per heavy atom. The molecule has 0 spiro atoms. The zero-order valence-electron chi connectivity index (χ0n) is 12.8. The Bertz CT molecular complexity index is 373. The van der Waals surface area contributed by atoms with Crippen molar-refractivity contribution in [1.29, 1.82) is 0 Å². The summed E-state index contributed by atoms with van der Waals surface area (Å²) in [7, 11) is -4.15. The first-order valence-corrected chi connectivity index (χ1v) is 12.7. The molecule has 112 valence electrons. The third-order valence-corrected chi connectivity index (χ3v) is 6.43. The molecular formula is C14H24O4Si2. The van der Waals surface area contributed by atoms with E-state index in [1.165, 1.54) is 0 Å². The van der Waals surface area contributed by atoms with Crippen molar-refractivity contribution >= 4 is 28.6 Å². The monoisotopic (exact) mass is 312 g/mol. The summed E-state index contributed by atoms with van der Waals surface area (Å²) < 4.78 is 10.7. The molecule has 0 saturated carbocycles. The fourth-order valence-corrected chi connectivity index (χ4v) is 4.31. The van der Waals surface area contributed by atoms with Gasteiger partial charge in [-0.05, 0) is 38.3 Å². The summed E-state index contributed by atoms with van der Waals surface area (Å²) in [4.78, 5) is 23.2. The van der Waals surface area contributed by atoms with E-state index >= 15 is 0 Å². The van der Waals surface area contributed by atoms with E-state index in [-0.39, 0.29) is 0 Å². The van der Waals surface area contributed by atoms with Gasteiger partial charge < -0.3 is 8.85 Å². The van der Waals surface area contributed by atoms with Gasteiger partial charge in [0.05, 0.1) is 0 Å². The number of allylic oxidation sites excluding steroid dienone is 2. The molecule has 0 aromatic heterocycles. The van der Waals surface area contributed by atoms with E-state index in [1.54, 1.807) is 12.2 Å². The quantitative estimate of drug-likeness (QED) is 0.391. The van der Waals surface area contributed by atoms with Crippen molar-refractivity contribution in [2.45, 2.75) is 38.3 Å².